The summed E-state index contributed by atoms with van der Waals surface area (Å²) in [6.07, 6.45) is 3.13. The van der Waals surface area contributed by atoms with E-state index in [1.54, 1.807) is 0 Å². The second kappa shape index (κ2) is 5.08. The molecule has 1 aromatic carbocycles. The van der Waals surface area contributed by atoms with Crippen LogP contribution in [0.2, 0.25) is 0 Å². The lowest BCUT2D eigenvalue weighted by Crippen LogP contribution is -2.38. The lowest BCUT2D eigenvalue weighted by atomic mass is 9.87. The third-order valence-electron chi connectivity index (χ3n) is 3.12. The minimum Gasteiger partial charge on any atom is -0.399 e. The van der Waals surface area contributed by atoms with Gasteiger partial charge in [0.15, 0.2) is 0 Å². The lowest BCUT2D eigenvalue weighted by molar-refractivity contribution is 0.236. The minimum atomic E-state index is -0.0952. The van der Waals surface area contributed by atoms with E-state index in [-0.39, 0.29) is 12.1 Å². The monoisotopic (exact) mass is 233 g/mol. The number of amides is 2. The number of carbonyl (C=O) groups is 1. The maximum atomic E-state index is 11.5. The van der Waals surface area contributed by atoms with Crippen LogP contribution in [0.5, 0.6) is 0 Å². The largest absolute Gasteiger partial charge is 0.399 e. The minimum absolute atomic E-state index is 0.0952. The van der Waals surface area contributed by atoms with E-state index in [0.717, 1.165) is 24.9 Å². The number of benzene rings is 1. The van der Waals surface area contributed by atoms with Gasteiger partial charge in [0.25, 0.3) is 0 Å². The molecule has 0 heterocycles. The van der Waals surface area contributed by atoms with E-state index in [0.29, 0.717) is 6.54 Å². The van der Waals surface area contributed by atoms with Crippen LogP contribution in [-0.4, -0.2) is 12.6 Å². The van der Waals surface area contributed by atoms with E-state index in [1.807, 2.05) is 25.1 Å². The van der Waals surface area contributed by atoms with Crippen LogP contribution < -0.4 is 16.4 Å². The molecule has 0 aromatic heterocycles. The number of fused-ring (bicyclic) bond motifs is 1. The third kappa shape index (κ3) is 2.70. The highest BCUT2D eigenvalue weighted by atomic mass is 16.2. The zero-order valence-corrected chi connectivity index (χ0v) is 10.1. The Morgan fingerprint density at radius 3 is 3.12 bits per heavy atom. The Kier molecular flexibility index (Phi) is 3.52. The van der Waals surface area contributed by atoms with Crippen LogP contribution in [0.3, 0.4) is 0 Å². The van der Waals surface area contributed by atoms with Gasteiger partial charge in [0.2, 0.25) is 0 Å². The molecule has 0 radical (unpaired) electrons. The molecule has 0 aliphatic heterocycles. The van der Waals surface area contributed by atoms with Crippen molar-refractivity contribution in [1.82, 2.24) is 10.6 Å². The first kappa shape index (κ1) is 11.8. The Balaban J connectivity index is 2.14. The summed E-state index contributed by atoms with van der Waals surface area (Å²) in [5.41, 5.74) is 9.04. The van der Waals surface area contributed by atoms with E-state index in [2.05, 4.69) is 10.6 Å². The van der Waals surface area contributed by atoms with E-state index in [9.17, 15) is 4.79 Å². The van der Waals surface area contributed by atoms with Crippen molar-refractivity contribution in [2.75, 3.05) is 12.3 Å². The van der Waals surface area contributed by atoms with Gasteiger partial charge in [-0.3, -0.25) is 0 Å². The second-order valence-electron chi connectivity index (χ2n) is 4.41. The van der Waals surface area contributed by atoms with E-state index >= 15 is 0 Å². The molecule has 4 heteroatoms. The number of anilines is 1. The van der Waals surface area contributed by atoms with Gasteiger partial charge in [-0.15, -0.1) is 0 Å². The van der Waals surface area contributed by atoms with Gasteiger partial charge in [0, 0.05) is 12.2 Å². The number of urea groups is 1. The number of hydrogen-bond donors (Lipinski definition) is 3. The first-order chi connectivity index (χ1) is 8.20. The van der Waals surface area contributed by atoms with E-state index < -0.39 is 0 Å². The molecule has 1 aliphatic carbocycles. The summed E-state index contributed by atoms with van der Waals surface area (Å²) >= 11 is 0. The van der Waals surface area contributed by atoms with Crippen LogP contribution in [0.4, 0.5) is 10.5 Å². The molecule has 0 fully saturated rings. The van der Waals surface area contributed by atoms with Crippen LogP contribution >= 0.6 is 0 Å². The molecule has 1 aliphatic rings. The van der Waals surface area contributed by atoms with Gasteiger partial charge >= 0.3 is 6.03 Å². The fraction of sp³-hybridized carbons (Fsp3) is 0.462. The summed E-state index contributed by atoms with van der Waals surface area (Å²) in [6, 6.07) is 5.96. The highest BCUT2D eigenvalue weighted by Crippen LogP contribution is 2.30. The molecule has 4 nitrogen and oxygen atoms in total. The van der Waals surface area contributed by atoms with Crippen LogP contribution in [-0.2, 0) is 6.42 Å². The Morgan fingerprint density at radius 2 is 2.35 bits per heavy atom. The highest BCUT2D eigenvalue weighted by Gasteiger charge is 2.21. The number of nitrogens with one attached hydrogen (secondary N) is 2. The average molecular weight is 233 g/mol. The quantitative estimate of drug-likeness (QED) is 0.684. The van der Waals surface area contributed by atoms with Gasteiger partial charge in [-0.25, -0.2) is 4.79 Å². The van der Waals surface area contributed by atoms with Gasteiger partial charge in [0.05, 0.1) is 6.04 Å². The Morgan fingerprint density at radius 1 is 1.53 bits per heavy atom. The van der Waals surface area contributed by atoms with Crippen molar-refractivity contribution in [2.24, 2.45) is 0 Å². The maximum Gasteiger partial charge on any atom is 0.315 e. The molecule has 1 unspecified atom stereocenters. The summed E-state index contributed by atoms with van der Waals surface area (Å²) in [4.78, 5) is 11.5. The number of hydrogen-bond acceptors (Lipinski definition) is 2. The average Bonchev–Trinajstić information content (AvgIpc) is 2.29. The van der Waals surface area contributed by atoms with Crippen molar-refractivity contribution in [3.63, 3.8) is 0 Å². The molecular weight excluding hydrogens is 214 g/mol. The normalized spacial score (nSPS) is 18.3. The number of carbonyl (C=O) groups excluding carboxylic acids is 1. The molecule has 0 saturated heterocycles. The molecule has 0 saturated carbocycles. The molecule has 0 bridgehead atoms. The summed E-state index contributed by atoms with van der Waals surface area (Å²) in [5, 5.41) is 5.76. The Bertz CT molecular complexity index is 417. The topological polar surface area (TPSA) is 67.2 Å². The summed E-state index contributed by atoms with van der Waals surface area (Å²) in [7, 11) is 0. The summed E-state index contributed by atoms with van der Waals surface area (Å²) in [6.45, 7) is 2.56. The molecule has 4 N–H and O–H groups in total. The van der Waals surface area contributed by atoms with Gasteiger partial charge in [-0.2, -0.15) is 0 Å². The third-order valence-corrected chi connectivity index (χ3v) is 3.12. The molecule has 17 heavy (non-hydrogen) atoms. The molecular formula is C13H19N3O. The number of nitrogens with two attached hydrogens (primary N) is 1. The van der Waals surface area contributed by atoms with Crippen LogP contribution in [0, 0.1) is 0 Å². The second-order valence-corrected chi connectivity index (χ2v) is 4.41. The standard InChI is InChI=1S/C13H19N3O/c1-2-15-13(17)16-12-5-3-4-9-8-10(14)6-7-11(9)12/h6-8,12H,2-5,14H2,1H3,(H2,15,16,17). The van der Waals surface area contributed by atoms with Gasteiger partial charge < -0.3 is 16.4 Å². The summed E-state index contributed by atoms with van der Waals surface area (Å²) < 4.78 is 0. The predicted octanol–water partition coefficient (Wildman–Crippen LogP) is 1.97. The van der Waals surface area contributed by atoms with E-state index in [1.165, 1.54) is 11.1 Å². The van der Waals surface area contributed by atoms with E-state index in [4.69, 9.17) is 5.73 Å². The highest BCUT2D eigenvalue weighted by molar-refractivity contribution is 5.74. The molecule has 2 amide bonds. The van der Waals surface area contributed by atoms with Crippen molar-refractivity contribution in [3.05, 3.63) is 29.3 Å². The van der Waals surface area contributed by atoms with Gasteiger partial charge in [-0.05, 0) is 49.4 Å². The van der Waals surface area contributed by atoms with Gasteiger partial charge in [-0.1, -0.05) is 6.07 Å². The smallest absolute Gasteiger partial charge is 0.315 e. The summed E-state index contributed by atoms with van der Waals surface area (Å²) in [5.74, 6) is 0. The van der Waals surface area contributed by atoms with Crippen LogP contribution in [0.1, 0.15) is 36.9 Å². The van der Waals surface area contributed by atoms with Crippen molar-refractivity contribution in [2.45, 2.75) is 32.2 Å². The number of nitrogen functional groups attached to an aromatic ring is 1. The Labute approximate surface area is 102 Å². The number of aryl methyl sites for hydroxylation is 1. The fourth-order valence-electron chi connectivity index (χ4n) is 2.35. The first-order valence-corrected chi connectivity index (χ1v) is 6.13. The molecule has 2 rings (SSSR count). The first-order valence-electron chi connectivity index (χ1n) is 6.13. The molecule has 0 spiro atoms. The molecule has 92 valence electrons. The van der Waals surface area contributed by atoms with Crippen LogP contribution in [0.25, 0.3) is 0 Å². The van der Waals surface area contributed by atoms with Crippen molar-refractivity contribution < 1.29 is 4.79 Å². The number of rotatable bonds is 2. The molecule has 1 atom stereocenters. The van der Waals surface area contributed by atoms with Crippen molar-refractivity contribution in [3.8, 4) is 0 Å². The maximum absolute atomic E-state index is 11.5. The predicted molar refractivity (Wildman–Crippen MR) is 68.7 cm³/mol. The SMILES string of the molecule is CCNC(=O)NC1CCCc2cc(N)ccc21. The van der Waals surface area contributed by atoms with Gasteiger partial charge in [0.1, 0.15) is 0 Å². The zero-order valence-electron chi connectivity index (χ0n) is 10.1. The van der Waals surface area contributed by atoms with Crippen molar-refractivity contribution in [1.29, 1.82) is 0 Å². The Hall–Kier alpha value is -1.71. The van der Waals surface area contributed by atoms with Crippen molar-refractivity contribution >= 4 is 11.7 Å². The zero-order chi connectivity index (χ0) is 12.3. The molecule has 1 aromatic rings. The van der Waals surface area contributed by atoms with Crippen LogP contribution in [0.15, 0.2) is 18.2 Å². The lowest BCUT2D eigenvalue weighted by Gasteiger charge is -2.26. The fourth-order valence-corrected chi connectivity index (χ4v) is 2.35.